The van der Waals surface area contributed by atoms with Crippen molar-refractivity contribution in [2.24, 2.45) is 0 Å². The number of carbonyl (C=O) groups is 1. The topological polar surface area (TPSA) is 63.7 Å². The zero-order valence-corrected chi connectivity index (χ0v) is 13.7. The summed E-state index contributed by atoms with van der Waals surface area (Å²) in [6.07, 6.45) is -0.879. The predicted octanol–water partition coefficient (Wildman–Crippen LogP) is 2.73. The quantitative estimate of drug-likeness (QED) is 0.849. The first-order chi connectivity index (χ1) is 11.0. The Morgan fingerprint density at radius 2 is 1.43 bits per heavy atom. The molecule has 0 aliphatic carbocycles. The van der Waals surface area contributed by atoms with Gasteiger partial charge in [-0.25, -0.2) is 13.2 Å². The van der Waals surface area contributed by atoms with E-state index in [2.05, 4.69) is 0 Å². The molecule has 1 aliphatic heterocycles. The molecule has 23 heavy (non-hydrogen) atoms. The van der Waals surface area contributed by atoms with Gasteiger partial charge in [0.2, 0.25) is 10.0 Å². The van der Waals surface area contributed by atoms with Crippen LogP contribution in [-0.2, 0) is 20.3 Å². The van der Waals surface area contributed by atoms with E-state index >= 15 is 0 Å². The number of methoxy groups -OCH3 is 1. The number of rotatable bonds is 2. The van der Waals surface area contributed by atoms with Gasteiger partial charge in [-0.05, 0) is 18.1 Å². The van der Waals surface area contributed by atoms with E-state index in [1.165, 1.54) is 7.11 Å². The maximum absolute atomic E-state index is 12.5. The Morgan fingerprint density at radius 1 is 1.00 bits per heavy atom. The summed E-state index contributed by atoms with van der Waals surface area (Å²) in [7, 11) is -2.58. The fourth-order valence-corrected chi connectivity index (χ4v) is 5.29. The van der Waals surface area contributed by atoms with Crippen LogP contribution in [-0.4, -0.2) is 31.2 Å². The third-order valence-electron chi connectivity index (χ3n) is 4.38. The number of ether oxygens (including phenoxy) is 1. The van der Waals surface area contributed by atoms with Crippen molar-refractivity contribution < 1.29 is 17.9 Å². The first-order valence-corrected chi connectivity index (χ1v) is 8.71. The number of hydrogen-bond acceptors (Lipinski definition) is 4. The van der Waals surface area contributed by atoms with Crippen molar-refractivity contribution in [3.63, 3.8) is 0 Å². The number of sulfonamides is 1. The van der Waals surface area contributed by atoms with Crippen LogP contribution in [0.1, 0.15) is 18.1 Å². The highest BCUT2D eigenvalue weighted by Crippen LogP contribution is 2.52. The van der Waals surface area contributed by atoms with Crippen LogP contribution in [0.2, 0.25) is 0 Å². The Kier molecular flexibility index (Phi) is 3.64. The Balaban J connectivity index is 2.31. The highest BCUT2D eigenvalue weighted by atomic mass is 32.2. The molecule has 2 aromatic carbocycles. The maximum atomic E-state index is 12.5. The number of carbonyl (C=O) groups excluding carboxylic acids is 1. The van der Waals surface area contributed by atoms with Crippen molar-refractivity contribution in [1.82, 2.24) is 4.31 Å². The lowest BCUT2D eigenvalue weighted by atomic mass is 9.79. The van der Waals surface area contributed by atoms with E-state index < -0.39 is 26.9 Å². The molecule has 0 saturated carbocycles. The fourth-order valence-electron chi connectivity index (χ4n) is 3.28. The highest BCUT2D eigenvalue weighted by Gasteiger charge is 2.67. The molecule has 1 amide bonds. The van der Waals surface area contributed by atoms with Gasteiger partial charge in [-0.3, -0.25) is 0 Å². The summed E-state index contributed by atoms with van der Waals surface area (Å²) in [6.45, 7) is 1.62. The van der Waals surface area contributed by atoms with Crippen LogP contribution < -0.4 is 0 Å². The predicted molar refractivity (Wildman–Crippen MR) is 86.3 cm³/mol. The van der Waals surface area contributed by atoms with Gasteiger partial charge in [0, 0.05) is 0 Å². The monoisotopic (exact) mass is 331 g/mol. The van der Waals surface area contributed by atoms with Crippen molar-refractivity contribution in [2.75, 3.05) is 7.11 Å². The maximum Gasteiger partial charge on any atom is 0.424 e. The second kappa shape index (κ2) is 5.38. The summed E-state index contributed by atoms with van der Waals surface area (Å²) < 4.78 is 30.7. The molecule has 0 N–H and O–H groups in total. The lowest BCUT2D eigenvalue weighted by Crippen LogP contribution is -2.72. The van der Waals surface area contributed by atoms with Gasteiger partial charge in [0.25, 0.3) is 0 Å². The van der Waals surface area contributed by atoms with Crippen LogP contribution in [0.25, 0.3) is 0 Å². The Labute approximate surface area is 135 Å². The third-order valence-corrected chi connectivity index (χ3v) is 6.56. The molecular formula is C17H17NO4S. The van der Waals surface area contributed by atoms with E-state index in [0.717, 1.165) is 15.4 Å². The molecule has 2 aromatic rings. The van der Waals surface area contributed by atoms with E-state index in [0.29, 0.717) is 0 Å². The first-order valence-electron chi connectivity index (χ1n) is 7.20. The number of benzene rings is 2. The highest BCUT2D eigenvalue weighted by molar-refractivity contribution is 7.91. The average Bonchev–Trinajstić information content (AvgIpc) is 2.59. The van der Waals surface area contributed by atoms with Gasteiger partial charge in [-0.15, -0.1) is 0 Å². The summed E-state index contributed by atoms with van der Waals surface area (Å²) in [5.41, 5.74) is 0.381. The van der Waals surface area contributed by atoms with Crippen LogP contribution in [0.3, 0.4) is 0 Å². The fraction of sp³-hybridized carbons (Fsp3) is 0.235. The number of nitrogens with zero attached hydrogens (tertiary/aromatic N) is 1. The molecule has 3 rings (SSSR count). The van der Waals surface area contributed by atoms with Gasteiger partial charge in [-0.2, -0.15) is 4.31 Å². The molecule has 5 nitrogen and oxygen atoms in total. The molecule has 0 unspecified atom stereocenters. The second-order valence-electron chi connectivity index (χ2n) is 5.42. The van der Waals surface area contributed by atoms with Gasteiger partial charge in [-0.1, -0.05) is 60.7 Å². The SMILES string of the molecule is COC(=O)N1C(c2ccccc2)(c2ccccc2)[C@@H](C)S1(=O)=O. The molecule has 1 saturated heterocycles. The van der Waals surface area contributed by atoms with Gasteiger partial charge in [0.15, 0.2) is 0 Å². The summed E-state index contributed by atoms with van der Waals surface area (Å²) in [4.78, 5) is 12.2. The Morgan fingerprint density at radius 3 is 1.83 bits per heavy atom. The van der Waals surface area contributed by atoms with Crippen LogP contribution in [0.5, 0.6) is 0 Å². The summed E-state index contributed by atoms with van der Waals surface area (Å²) >= 11 is 0. The molecule has 0 bridgehead atoms. The molecule has 0 radical (unpaired) electrons. The summed E-state index contributed by atoms with van der Waals surface area (Å²) in [5, 5.41) is -0.779. The average molecular weight is 331 g/mol. The standard InChI is InChI=1S/C17H17NO4S/c1-13-17(14-9-5-3-6-10-14,15-11-7-4-8-12-15)18(16(19)22-2)23(13,20)21/h3-13H,1-2H3/t13-/m1/s1. The van der Waals surface area contributed by atoms with Gasteiger partial charge in [0.05, 0.1) is 7.11 Å². The first kappa shape index (κ1) is 15.6. The van der Waals surface area contributed by atoms with E-state index in [1.807, 2.05) is 60.7 Å². The zero-order chi connectivity index (χ0) is 16.7. The minimum Gasteiger partial charge on any atom is -0.452 e. The minimum absolute atomic E-state index is 0.735. The molecular weight excluding hydrogens is 314 g/mol. The molecule has 120 valence electrons. The van der Waals surface area contributed by atoms with Crippen molar-refractivity contribution in [1.29, 1.82) is 0 Å². The molecule has 1 heterocycles. The van der Waals surface area contributed by atoms with Gasteiger partial charge in [0.1, 0.15) is 10.8 Å². The zero-order valence-electron chi connectivity index (χ0n) is 12.8. The van der Waals surface area contributed by atoms with E-state index in [9.17, 15) is 13.2 Å². The van der Waals surface area contributed by atoms with Crippen LogP contribution in [0, 0.1) is 0 Å². The molecule has 1 aliphatic rings. The van der Waals surface area contributed by atoms with Gasteiger partial charge < -0.3 is 4.74 Å². The number of hydrogen-bond donors (Lipinski definition) is 0. The van der Waals surface area contributed by atoms with E-state index in [1.54, 1.807) is 6.92 Å². The van der Waals surface area contributed by atoms with Crippen molar-refractivity contribution in [3.8, 4) is 0 Å². The Bertz CT molecular complexity index is 779. The van der Waals surface area contributed by atoms with E-state index in [-0.39, 0.29) is 0 Å². The second-order valence-corrected chi connectivity index (χ2v) is 7.52. The lowest BCUT2D eigenvalue weighted by molar-refractivity contribution is 0.102. The molecule has 1 atom stereocenters. The van der Waals surface area contributed by atoms with E-state index in [4.69, 9.17) is 4.74 Å². The lowest BCUT2D eigenvalue weighted by Gasteiger charge is -2.55. The Hall–Kier alpha value is -2.34. The van der Waals surface area contributed by atoms with Crippen LogP contribution >= 0.6 is 0 Å². The smallest absolute Gasteiger partial charge is 0.424 e. The minimum atomic E-state index is -3.76. The van der Waals surface area contributed by atoms with Crippen LogP contribution in [0.4, 0.5) is 4.79 Å². The molecule has 0 aromatic heterocycles. The normalized spacial score (nSPS) is 21.3. The third kappa shape index (κ3) is 1.98. The van der Waals surface area contributed by atoms with Crippen molar-refractivity contribution in [3.05, 3.63) is 71.8 Å². The van der Waals surface area contributed by atoms with Crippen LogP contribution in [0.15, 0.2) is 60.7 Å². The van der Waals surface area contributed by atoms with Gasteiger partial charge >= 0.3 is 6.09 Å². The van der Waals surface area contributed by atoms with Crippen molar-refractivity contribution >= 4 is 16.1 Å². The molecule has 6 heteroatoms. The molecule has 1 fully saturated rings. The molecule has 0 spiro atoms. The number of amides is 1. The van der Waals surface area contributed by atoms with Crippen molar-refractivity contribution in [2.45, 2.75) is 17.7 Å². The summed E-state index contributed by atoms with van der Waals surface area (Å²) in [5.74, 6) is 0. The summed E-state index contributed by atoms with van der Waals surface area (Å²) in [6, 6.07) is 18.3. The largest absolute Gasteiger partial charge is 0.452 e.